The number of esters is 1. The molecule has 3 aromatic rings. The normalized spacial score (nSPS) is 17.0. The van der Waals surface area contributed by atoms with Crippen LogP contribution in [0.3, 0.4) is 0 Å². The predicted molar refractivity (Wildman–Crippen MR) is 111 cm³/mol. The first-order valence-electron chi connectivity index (χ1n) is 9.81. The Morgan fingerprint density at radius 2 is 2.17 bits per heavy atom. The van der Waals surface area contributed by atoms with Crippen LogP contribution in [0.1, 0.15) is 35.8 Å². The van der Waals surface area contributed by atoms with Crippen LogP contribution in [-0.2, 0) is 11.3 Å². The maximum atomic E-state index is 12.5. The minimum Gasteiger partial charge on any atom is -0.462 e. The quantitative estimate of drug-likeness (QED) is 0.601. The molecule has 1 aromatic carbocycles. The molecule has 1 atom stereocenters. The van der Waals surface area contributed by atoms with Crippen LogP contribution in [0.15, 0.2) is 41.9 Å². The van der Waals surface area contributed by atoms with Crippen LogP contribution in [0.25, 0.3) is 16.4 Å². The Morgan fingerprint density at radius 3 is 2.93 bits per heavy atom. The third-order valence-electron chi connectivity index (χ3n) is 5.17. The predicted octanol–water partition coefficient (Wildman–Crippen LogP) is 3.13. The summed E-state index contributed by atoms with van der Waals surface area (Å²) < 4.78 is 6.97. The summed E-state index contributed by atoms with van der Waals surface area (Å²) in [5, 5.41) is 16.8. The van der Waals surface area contributed by atoms with Crippen molar-refractivity contribution in [1.29, 1.82) is 0 Å². The fraction of sp³-hybridized carbons (Fsp3) is 0.381. The number of carbonyl (C=O) groups is 1. The Kier molecular flexibility index (Phi) is 6.03. The molecule has 4 rings (SSSR count). The van der Waals surface area contributed by atoms with Gasteiger partial charge >= 0.3 is 5.97 Å². The number of aromatic nitrogens is 3. The highest BCUT2D eigenvalue weighted by molar-refractivity contribution is 7.12. The van der Waals surface area contributed by atoms with E-state index >= 15 is 0 Å². The zero-order valence-corrected chi connectivity index (χ0v) is 17.1. The van der Waals surface area contributed by atoms with E-state index < -0.39 is 0 Å². The van der Waals surface area contributed by atoms with Crippen LogP contribution in [0, 0.1) is 0 Å². The van der Waals surface area contributed by atoms with Crippen LogP contribution in [0.2, 0.25) is 0 Å². The summed E-state index contributed by atoms with van der Waals surface area (Å²) in [5.41, 5.74) is 3.11. The highest BCUT2D eigenvalue weighted by atomic mass is 32.1. The molecule has 3 heterocycles. The van der Waals surface area contributed by atoms with Gasteiger partial charge in [-0.1, -0.05) is 30.3 Å². The average Bonchev–Trinajstić information content (AvgIpc) is 3.48. The van der Waals surface area contributed by atoms with Gasteiger partial charge < -0.3 is 9.84 Å². The van der Waals surface area contributed by atoms with Gasteiger partial charge in [-0.05, 0) is 26.3 Å². The Morgan fingerprint density at radius 1 is 1.34 bits per heavy atom. The molecule has 29 heavy (non-hydrogen) atoms. The molecule has 0 bridgehead atoms. The van der Waals surface area contributed by atoms with Gasteiger partial charge in [0.15, 0.2) is 0 Å². The first kappa shape index (κ1) is 19.8. The van der Waals surface area contributed by atoms with Crippen LogP contribution in [0.4, 0.5) is 0 Å². The van der Waals surface area contributed by atoms with Gasteiger partial charge in [0.25, 0.3) is 0 Å². The summed E-state index contributed by atoms with van der Waals surface area (Å²) in [6.07, 6.45) is 3.54. The van der Waals surface area contributed by atoms with E-state index in [-0.39, 0.29) is 18.6 Å². The second-order valence-electron chi connectivity index (χ2n) is 6.97. The van der Waals surface area contributed by atoms with E-state index in [1.807, 2.05) is 35.7 Å². The smallest absolute Gasteiger partial charge is 0.341 e. The van der Waals surface area contributed by atoms with E-state index in [2.05, 4.69) is 10.00 Å². The summed E-state index contributed by atoms with van der Waals surface area (Å²) in [5.74, 6) is -0.381. The maximum absolute atomic E-state index is 12.5. The number of aliphatic hydroxyl groups excluding tert-OH is 1. The molecule has 1 N–H and O–H groups in total. The van der Waals surface area contributed by atoms with Crippen molar-refractivity contribution in [1.82, 2.24) is 19.7 Å². The van der Waals surface area contributed by atoms with Crippen LogP contribution in [-0.4, -0.2) is 56.5 Å². The molecule has 1 fully saturated rings. The van der Waals surface area contributed by atoms with Gasteiger partial charge in [-0.2, -0.15) is 5.10 Å². The highest BCUT2D eigenvalue weighted by Gasteiger charge is 2.28. The van der Waals surface area contributed by atoms with Crippen molar-refractivity contribution < 1.29 is 14.6 Å². The Labute approximate surface area is 173 Å². The van der Waals surface area contributed by atoms with Crippen molar-refractivity contribution >= 4 is 17.3 Å². The molecule has 1 aliphatic rings. The number of likely N-dealkylation sites (tertiary alicyclic amines) is 1. The van der Waals surface area contributed by atoms with Gasteiger partial charge in [0.2, 0.25) is 5.13 Å². The lowest BCUT2D eigenvalue weighted by molar-refractivity contribution is 0.0523. The number of thiazole rings is 1. The fourth-order valence-electron chi connectivity index (χ4n) is 3.68. The summed E-state index contributed by atoms with van der Waals surface area (Å²) >= 11 is 1.48. The van der Waals surface area contributed by atoms with Crippen LogP contribution in [0.5, 0.6) is 0 Å². The van der Waals surface area contributed by atoms with Crippen molar-refractivity contribution in [3.05, 3.63) is 53.2 Å². The van der Waals surface area contributed by atoms with Crippen molar-refractivity contribution in [3.63, 3.8) is 0 Å². The molecule has 0 unspecified atom stereocenters. The molecule has 0 aliphatic carbocycles. The molecule has 7 nitrogen and oxygen atoms in total. The molecule has 1 aliphatic heterocycles. The second-order valence-corrected chi connectivity index (χ2v) is 7.80. The van der Waals surface area contributed by atoms with Gasteiger partial charge in [0.05, 0.1) is 30.8 Å². The molecule has 0 amide bonds. The third kappa shape index (κ3) is 4.10. The monoisotopic (exact) mass is 412 g/mol. The number of hydrogen-bond acceptors (Lipinski definition) is 7. The molecule has 2 aromatic heterocycles. The molecule has 0 saturated carbocycles. The molecular formula is C21H24N4O3S. The van der Waals surface area contributed by atoms with Gasteiger partial charge in [0, 0.05) is 23.5 Å². The minimum atomic E-state index is -0.381. The largest absolute Gasteiger partial charge is 0.462 e. The van der Waals surface area contributed by atoms with Gasteiger partial charge in [-0.15, -0.1) is 11.3 Å². The number of benzene rings is 1. The number of aliphatic hydroxyl groups is 1. The highest BCUT2D eigenvalue weighted by Crippen LogP contribution is 2.27. The van der Waals surface area contributed by atoms with Gasteiger partial charge in [0.1, 0.15) is 5.56 Å². The lowest BCUT2D eigenvalue weighted by atomic mass is 10.2. The van der Waals surface area contributed by atoms with E-state index in [0.717, 1.165) is 36.3 Å². The molecular weight excluding hydrogens is 388 g/mol. The second kappa shape index (κ2) is 8.86. The van der Waals surface area contributed by atoms with E-state index in [9.17, 15) is 9.90 Å². The number of rotatable bonds is 7. The van der Waals surface area contributed by atoms with Crippen molar-refractivity contribution in [3.8, 4) is 16.4 Å². The Hall–Kier alpha value is -2.55. The molecule has 8 heteroatoms. The number of hydrogen-bond donors (Lipinski definition) is 1. The number of carbonyl (C=O) groups excluding carboxylic acids is 1. The summed E-state index contributed by atoms with van der Waals surface area (Å²) in [4.78, 5) is 19.4. The zero-order chi connectivity index (χ0) is 20.2. The summed E-state index contributed by atoms with van der Waals surface area (Å²) in [7, 11) is 0. The minimum absolute atomic E-state index is 0.101. The van der Waals surface area contributed by atoms with E-state index in [1.165, 1.54) is 11.3 Å². The zero-order valence-electron chi connectivity index (χ0n) is 16.3. The van der Waals surface area contributed by atoms with E-state index in [1.54, 1.807) is 17.8 Å². The van der Waals surface area contributed by atoms with Crippen molar-refractivity contribution in [2.75, 3.05) is 19.8 Å². The first-order chi connectivity index (χ1) is 14.2. The van der Waals surface area contributed by atoms with Crippen molar-refractivity contribution in [2.45, 2.75) is 32.4 Å². The Balaban J connectivity index is 1.69. The van der Waals surface area contributed by atoms with E-state index in [0.29, 0.717) is 23.8 Å². The lowest BCUT2D eigenvalue weighted by Crippen LogP contribution is -2.33. The van der Waals surface area contributed by atoms with E-state index in [4.69, 9.17) is 9.72 Å². The van der Waals surface area contributed by atoms with Crippen molar-refractivity contribution in [2.24, 2.45) is 0 Å². The standard InChI is InChI=1S/C21H24N4O3S/c1-2-28-20(27)17-11-22-25(19(17)12-24-10-6-9-16(24)13-26)21-23-18(14-29-21)15-7-4-3-5-8-15/h3-5,7-8,11,14,16,26H,2,6,9-10,12-13H2,1H3/t16-/m0/s1. The van der Waals surface area contributed by atoms with Crippen LogP contribution >= 0.6 is 11.3 Å². The van der Waals surface area contributed by atoms with Crippen LogP contribution < -0.4 is 0 Å². The third-order valence-corrected chi connectivity index (χ3v) is 5.99. The fourth-order valence-corrected chi connectivity index (χ4v) is 4.49. The Bertz CT molecular complexity index is 969. The summed E-state index contributed by atoms with van der Waals surface area (Å²) in [6, 6.07) is 10.1. The molecule has 0 spiro atoms. The molecule has 0 radical (unpaired) electrons. The van der Waals surface area contributed by atoms with Gasteiger partial charge in [-0.3, -0.25) is 4.90 Å². The topological polar surface area (TPSA) is 80.5 Å². The first-order valence-corrected chi connectivity index (χ1v) is 10.7. The number of nitrogens with zero attached hydrogens (tertiary/aromatic N) is 4. The molecule has 152 valence electrons. The maximum Gasteiger partial charge on any atom is 0.341 e. The SMILES string of the molecule is CCOC(=O)c1cnn(-c2nc(-c3ccccc3)cs2)c1CN1CCC[C@H]1CO. The summed E-state index contributed by atoms with van der Waals surface area (Å²) in [6.45, 7) is 3.60. The average molecular weight is 413 g/mol. The van der Waals surface area contributed by atoms with Gasteiger partial charge in [-0.25, -0.2) is 14.5 Å². The number of ether oxygens (including phenoxy) is 1. The molecule has 1 saturated heterocycles. The lowest BCUT2D eigenvalue weighted by Gasteiger charge is -2.23.